The molecule has 5 nitrogen and oxygen atoms in total. The second kappa shape index (κ2) is 4.16. The third-order valence-corrected chi connectivity index (χ3v) is 1.36. The second-order valence-electron chi connectivity index (χ2n) is 2.44. The van der Waals surface area contributed by atoms with Crippen LogP contribution < -0.4 is 5.73 Å². The summed E-state index contributed by atoms with van der Waals surface area (Å²) in [5, 5.41) is 8.39. The minimum Gasteiger partial charge on any atom is -0.369 e. The molecule has 0 aliphatic heterocycles. The molecule has 1 aromatic rings. The third-order valence-electron chi connectivity index (χ3n) is 1.36. The highest BCUT2D eigenvalue weighted by molar-refractivity contribution is 5.75. The average Bonchev–Trinajstić information content (AvgIpc) is 2.04. The predicted molar refractivity (Wildman–Crippen MR) is 44.2 cm³/mol. The maximum atomic E-state index is 10.5. The van der Waals surface area contributed by atoms with E-state index in [2.05, 4.69) is 9.97 Å². The molecule has 13 heavy (non-hydrogen) atoms. The van der Waals surface area contributed by atoms with Gasteiger partial charge in [-0.1, -0.05) is 0 Å². The Morgan fingerprint density at radius 1 is 1.69 bits per heavy atom. The minimum absolute atomic E-state index is 0.0132. The molecule has 0 spiro atoms. The lowest BCUT2D eigenvalue weighted by Crippen LogP contribution is -2.16. The van der Waals surface area contributed by atoms with Crippen molar-refractivity contribution in [1.29, 1.82) is 5.26 Å². The fourth-order valence-corrected chi connectivity index (χ4v) is 0.862. The normalized spacial score (nSPS) is 9.15. The Balaban J connectivity index is 2.80. The topological polar surface area (TPSA) is 92.7 Å². The van der Waals surface area contributed by atoms with Gasteiger partial charge in [0.25, 0.3) is 0 Å². The summed E-state index contributed by atoms with van der Waals surface area (Å²) in [7, 11) is 0. The summed E-state index contributed by atoms with van der Waals surface area (Å²) in [5.41, 5.74) is 5.57. The lowest BCUT2D eigenvalue weighted by atomic mass is 10.3. The van der Waals surface area contributed by atoms with Gasteiger partial charge in [-0.3, -0.25) is 4.79 Å². The van der Waals surface area contributed by atoms with Gasteiger partial charge >= 0.3 is 0 Å². The van der Waals surface area contributed by atoms with Gasteiger partial charge in [0.05, 0.1) is 24.6 Å². The van der Waals surface area contributed by atoms with Crippen LogP contribution in [0.15, 0.2) is 12.3 Å². The second-order valence-corrected chi connectivity index (χ2v) is 2.44. The van der Waals surface area contributed by atoms with Crippen LogP contribution in [0.4, 0.5) is 0 Å². The summed E-state index contributed by atoms with van der Waals surface area (Å²) < 4.78 is 0. The van der Waals surface area contributed by atoms with E-state index in [0.29, 0.717) is 11.5 Å². The quantitative estimate of drug-likeness (QED) is 0.676. The smallest absolute Gasteiger partial charge is 0.225 e. The van der Waals surface area contributed by atoms with Gasteiger partial charge in [-0.2, -0.15) is 5.26 Å². The number of carbonyl (C=O) groups is 1. The average molecular weight is 176 g/mol. The predicted octanol–water partition coefficient (Wildman–Crippen LogP) is -0.430. The number of hydrogen-bond donors (Lipinski definition) is 1. The number of carbonyl (C=O) groups excluding carboxylic acids is 1. The molecule has 1 rings (SSSR count). The fourth-order valence-electron chi connectivity index (χ4n) is 0.862. The van der Waals surface area contributed by atoms with Crippen molar-refractivity contribution in [2.24, 2.45) is 5.73 Å². The van der Waals surface area contributed by atoms with Crippen molar-refractivity contribution in [3.05, 3.63) is 23.8 Å². The van der Waals surface area contributed by atoms with Crippen molar-refractivity contribution in [3.8, 4) is 6.07 Å². The maximum Gasteiger partial charge on any atom is 0.225 e. The molecule has 66 valence electrons. The number of nitrogens with zero attached hydrogens (tertiary/aromatic N) is 3. The highest BCUT2D eigenvalue weighted by Crippen LogP contribution is 1.96. The Bertz CT molecular complexity index is 355. The zero-order chi connectivity index (χ0) is 9.68. The van der Waals surface area contributed by atoms with Gasteiger partial charge in [0.15, 0.2) is 0 Å². The number of primary amides is 1. The van der Waals surface area contributed by atoms with E-state index >= 15 is 0 Å². The van der Waals surface area contributed by atoms with Crippen LogP contribution in [0.25, 0.3) is 0 Å². The van der Waals surface area contributed by atoms with Crippen molar-refractivity contribution in [1.82, 2.24) is 9.97 Å². The first-order chi connectivity index (χ1) is 6.22. The molecule has 0 radical (unpaired) electrons. The van der Waals surface area contributed by atoms with Crippen LogP contribution >= 0.6 is 0 Å². The summed E-state index contributed by atoms with van der Waals surface area (Å²) in [4.78, 5) is 18.3. The summed E-state index contributed by atoms with van der Waals surface area (Å²) in [6, 6.07) is 3.59. The lowest BCUT2D eigenvalue weighted by molar-refractivity contribution is -0.117. The van der Waals surface area contributed by atoms with Crippen molar-refractivity contribution in [3.63, 3.8) is 0 Å². The SMILES string of the molecule is N#CCc1ccnc(CC(N)=O)n1. The first-order valence-corrected chi connectivity index (χ1v) is 3.68. The Morgan fingerprint density at radius 3 is 3.08 bits per heavy atom. The molecule has 0 bridgehead atoms. The molecular formula is C8H8N4O. The van der Waals surface area contributed by atoms with Crippen LogP contribution in [0.5, 0.6) is 0 Å². The van der Waals surface area contributed by atoms with Gasteiger partial charge in [-0.05, 0) is 6.07 Å². The van der Waals surface area contributed by atoms with Crippen molar-refractivity contribution >= 4 is 5.91 Å². The number of amides is 1. The maximum absolute atomic E-state index is 10.5. The molecule has 0 unspecified atom stereocenters. The highest BCUT2D eigenvalue weighted by Gasteiger charge is 2.02. The molecule has 0 aromatic carbocycles. The molecule has 5 heteroatoms. The third kappa shape index (κ3) is 2.87. The van der Waals surface area contributed by atoms with E-state index in [9.17, 15) is 4.79 Å². The van der Waals surface area contributed by atoms with Crippen molar-refractivity contribution in [2.75, 3.05) is 0 Å². The zero-order valence-corrected chi connectivity index (χ0v) is 6.90. The van der Waals surface area contributed by atoms with Crippen LogP contribution in [0.2, 0.25) is 0 Å². The van der Waals surface area contributed by atoms with E-state index in [1.54, 1.807) is 6.07 Å². The van der Waals surface area contributed by atoms with E-state index in [1.807, 2.05) is 6.07 Å². The lowest BCUT2D eigenvalue weighted by Gasteiger charge is -1.97. The van der Waals surface area contributed by atoms with Gasteiger partial charge in [0.1, 0.15) is 5.82 Å². The van der Waals surface area contributed by atoms with Crippen LogP contribution in [-0.4, -0.2) is 15.9 Å². The molecule has 0 fully saturated rings. The van der Waals surface area contributed by atoms with Crippen molar-refractivity contribution in [2.45, 2.75) is 12.8 Å². The van der Waals surface area contributed by atoms with Gasteiger partial charge in [0.2, 0.25) is 5.91 Å². The van der Waals surface area contributed by atoms with Gasteiger partial charge in [-0.15, -0.1) is 0 Å². The van der Waals surface area contributed by atoms with Crippen LogP contribution in [-0.2, 0) is 17.6 Å². The van der Waals surface area contributed by atoms with Gasteiger partial charge in [0, 0.05) is 6.20 Å². The Morgan fingerprint density at radius 2 is 2.46 bits per heavy atom. The van der Waals surface area contributed by atoms with E-state index < -0.39 is 5.91 Å². The molecule has 0 aliphatic rings. The number of rotatable bonds is 3. The Kier molecular flexibility index (Phi) is 2.92. The molecule has 1 aromatic heterocycles. The molecule has 0 atom stereocenters. The molecule has 1 amide bonds. The van der Waals surface area contributed by atoms with Crippen LogP contribution in [0.1, 0.15) is 11.5 Å². The molecule has 1 heterocycles. The molecule has 0 aliphatic carbocycles. The standard InChI is InChI=1S/C8H8N4O/c9-3-1-6-2-4-11-8(12-6)5-7(10)13/h2,4H,1,5H2,(H2,10,13). The molecule has 2 N–H and O–H groups in total. The van der Waals surface area contributed by atoms with Crippen LogP contribution in [0, 0.1) is 11.3 Å². The summed E-state index contributed by atoms with van der Waals surface area (Å²) in [6.45, 7) is 0. The largest absolute Gasteiger partial charge is 0.369 e. The first-order valence-electron chi connectivity index (χ1n) is 3.68. The van der Waals surface area contributed by atoms with E-state index in [0.717, 1.165) is 0 Å². The van der Waals surface area contributed by atoms with Crippen LogP contribution in [0.3, 0.4) is 0 Å². The number of nitrogens with two attached hydrogens (primary N) is 1. The molecule has 0 saturated carbocycles. The monoisotopic (exact) mass is 176 g/mol. The number of hydrogen-bond acceptors (Lipinski definition) is 4. The zero-order valence-electron chi connectivity index (χ0n) is 6.90. The first kappa shape index (κ1) is 9.13. The number of nitriles is 1. The Hall–Kier alpha value is -1.96. The van der Waals surface area contributed by atoms with Crippen molar-refractivity contribution < 1.29 is 4.79 Å². The van der Waals surface area contributed by atoms with Gasteiger partial charge < -0.3 is 5.73 Å². The fraction of sp³-hybridized carbons (Fsp3) is 0.250. The number of aromatic nitrogens is 2. The molecular weight excluding hydrogens is 168 g/mol. The molecule has 0 saturated heterocycles. The van der Waals surface area contributed by atoms with E-state index in [-0.39, 0.29) is 12.8 Å². The summed E-state index contributed by atoms with van der Waals surface area (Å²) in [5.74, 6) is -0.116. The highest BCUT2D eigenvalue weighted by atomic mass is 16.1. The summed E-state index contributed by atoms with van der Waals surface area (Å²) >= 11 is 0. The minimum atomic E-state index is -0.478. The Labute approximate surface area is 75.2 Å². The summed E-state index contributed by atoms with van der Waals surface area (Å²) in [6.07, 6.45) is 1.74. The van der Waals surface area contributed by atoms with E-state index in [4.69, 9.17) is 11.0 Å². The van der Waals surface area contributed by atoms with E-state index in [1.165, 1.54) is 6.20 Å². The van der Waals surface area contributed by atoms with Gasteiger partial charge in [-0.25, -0.2) is 9.97 Å².